The van der Waals surface area contributed by atoms with Crippen LogP contribution < -0.4 is 0 Å². The van der Waals surface area contributed by atoms with E-state index >= 15 is 0 Å². The van der Waals surface area contributed by atoms with Crippen LogP contribution in [0.2, 0.25) is 0 Å². The number of nitro groups is 2. The second kappa shape index (κ2) is 5.90. The van der Waals surface area contributed by atoms with E-state index in [1.165, 1.54) is 24.3 Å². The van der Waals surface area contributed by atoms with E-state index in [2.05, 4.69) is 0 Å². The van der Waals surface area contributed by atoms with Crippen LogP contribution in [0, 0.1) is 20.2 Å². The number of hydrogen-bond donors (Lipinski definition) is 0. The van der Waals surface area contributed by atoms with Gasteiger partial charge in [0.2, 0.25) is 5.79 Å². The van der Waals surface area contributed by atoms with E-state index in [9.17, 15) is 20.2 Å². The van der Waals surface area contributed by atoms with Crippen LogP contribution in [0.25, 0.3) is 11.5 Å². The van der Waals surface area contributed by atoms with Gasteiger partial charge in [0.15, 0.2) is 11.5 Å². The second-order valence-electron chi connectivity index (χ2n) is 5.87. The number of rotatable bonds is 4. The molecule has 0 amide bonds. The first-order chi connectivity index (χ1) is 11.8. The Morgan fingerprint density at radius 1 is 0.720 bits per heavy atom. The number of benzene rings is 2. The van der Waals surface area contributed by atoms with Gasteiger partial charge in [0.05, 0.1) is 9.85 Å². The fourth-order valence-corrected chi connectivity index (χ4v) is 2.45. The summed E-state index contributed by atoms with van der Waals surface area (Å²) in [6, 6.07) is 11.8. The van der Waals surface area contributed by atoms with Crippen LogP contribution in [0.5, 0.6) is 0 Å². The normalized spacial score (nSPS) is 15.4. The molecule has 0 saturated carbocycles. The Bertz CT molecular complexity index is 798. The first-order valence-corrected chi connectivity index (χ1v) is 7.39. The van der Waals surface area contributed by atoms with Crippen molar-refractivity contribution in [2.75, 3.05) is 0 Å². The zero-order chi connectivity index (χ0) is 18.2. The van der Waals surface area contributed by atoms with Gasteiger partial charge in [0.1, 0.15) is 0 Å². The molecule has 25 heavy (non-hydrogen) atoms. The van der Waals surface area contributed by atoms with Crippen molar-refractivity contribution < 1.29 is 19.3 Å². The lowest BCUT2D eigenvalue weighted by Crippen LogP contribution is -2.20. The maximum atomic E-state index is 10.8. The summed E-state index contributed by atoms with van der Waals surface area (Å²) in [5.74, 6) is -0.0729. The first kappa shape index (κ1) is 16.4. The molecule has 1 heterocycles. The molecule has 0 radical (unpaired) electrons. The molecule has 2 aromatic carbocycles. The molecular weight excluding hydrogens is 328 g/mol. The molecule has 1 aliphatic heterocycles. The Kier molecular flexibility index (Phi) is 3.88. The largest absolute Gasteiger partial charge is 0.448 e. The zero-order valence-electron chi connectivity index (χ0n) is 13.5. The molecule has 0 aromatic heterocycles. The minimum atomic E-state index is -0.922. The summed E-state index contributed by atoms with van der Waals surface area (Å²) in [6.45, 7) is 3.47. The molecule has 0 saturated heterocycles. The number of ether oxygens (including phenoxy) is 2. The van der Waals surface area contributed by atoms with Gasteiger partial charge in [-0.3, -0.25) is 20.2 Å². The summed E-state index contributed by atoms with van der Waals surface area (Å²) >= 11 is 0. The minimum Gasteiger partial charge on any atom is -0.448 e. The van der Waals surface area contributed by atoms with E-state index in [4.69, 9.17) is 9.47 Å². The number of nitrogens with zero attached hydrogens (tertiary/aromatic N) is 2. The van der Waals surface area contributed by atoms with Crippen LogP contribution in [0.1, 0.15) is 25.0 Å². The Morgan fingerprint density at radius 2 is 1.04 bits per heavy atom. The minimum absolute atomic E-state index is 0.0283. The van der Waals surface area contributed by atoms with E-state index in [0.29, 0.717) is 22.6 Å². The fraction of sp³-hybridized carbons (Fsp3) is 0.176. The second-order valence-corrected chi connectivity index (χ2v) is 5.87. The van der Waals surface area contributed by atoms with Gasteiger partial charge < -0.3 is 9.47 Å². The molecule has 1 aliphatic rings. The molecule has 0 spiro atoms. The highest BCUT2D eigenvalue weighted by atomic mass is 16.7. The van der Waals surface area contributed by atoms with E-state index in [0.717, 1.165) is 0 Å². The molecule has 0 fully saturated rings. The van der Waals surface area contributed by atoms with Gasteiger partial charge in [-0.15, -0.1) is 0 Å². The highest BCUT2D eigenvalue weighted by Gasteiger charge is 2.35. The van der Waals surface area contributed by atoms with Gasteiger partial charge in [-0.2, -0.15) is 0 Å². The van der Waals surface area contributed by atoms with Gasteiger partial charge in [0.25, 0.3) is 11.4 Å². The van der Waals surface area contributed by atoms with Crippen molar-refractivity contribution in [1.29, 1.82) is 0 Å². The van der Waals surface area contributed by atoms with Gasteiger partial charge in [0, 0.05) is 49.2 Å². The van der Waals surface area contributed by atoms with Crippen molar-refractivity contribution in [3.05, 3.63) is 79.9 Å². The summed E-state index contributed by atoms with van der Waals surface area (Å²) in [6.07, 6.45) is 0. The molecule has 3 rings (SSSR count). The fourth-order valence-electron chi connectivity index (χ4n) is 2.45. The topological polar surface area (TPSA) is 105 Å². The van der Waals surface area contributed by atoms with E-state index in [1.54, 1.807) is 38.1 Å². The average Bonchev–Trinajstić information content (AvgIpc) is 2.91. The first-order valence-electron chi connectivity index (χ1n) is 7.39. The third kappa shape index (κ3) is 3.27. The van der Waals surface area contributed by atoms with Gasteiger partial charge in [-0.1, -0.05) is 0 Å². The van der Waals surface area contributed by atoms with Gasteiger partial charge in [-0.25, -0.2) is 0 Å². The molecule has 2 aromatic rings. The summed E-state index contributed by atoms with van der Waals surface area (Å²) < 4.78 is 11.7. The lowest BCUT2D eigenvalue weighted by Gasteiger charge is -2.18. The summed E-state index contributed by atoms with van der Waals surface area (Å²) in [5.41, 5.74) is 1.17. The number of nitro benzene ring substituents is 2. The van der Waals surface area contributed by atoms with E-state index in [-0.39, 0.29) is 11.4 Å². The standard InChI is InChI=1S/C17H14N2O6/c1-17(2)24-15(11-3-7-13(8-4-11)18(20)21)16(25-17)12-5-9-14(10-6-12)19(22)23/h3-10H,1-2H3. The quantitative estimate of drug-likeness (QED) is 0.611. The van der Waals surface area contributed by atoms with Crippen molar-refractivity contribution in [2.24, 2.45) is 0 Å². The summed E-state index contributed by atoms with van der Waals surface area (Å²) in [5, 5.41) is 21.6. The predicted octanol–water partition coefficient (Wildman–Crippen LogP) is 4.11. The molecule has 0 bridgehead atoms. The van der Waals surface area contributed by atoms with Crippen LogP contribution >= 0.6 is 0 Å². The monoisotopic (exact) mass is 342 g/mol. The lowest BCUT2D eigenvalue weighted by atomic mass is 10.1. The smallest absolute Gasteiger partial charge is 0.269 e. The van der Waals surface area contributed by atoms with Crippen LogP contribution in [0.4, 0.5) is 11.4 Å². The van der Waals surface area contributed by atoms with E-state index in [1.807, 2.05) is 0 Å². The van der Waals surface area contributed by atoms with Gasteiger partial charge >= 0.3 is 0 Å². The molecule has 0 atom stereocenters. The molecular formula is C17H14N2O6. The predicted molar refractivity (Wildman–Crippen MR) is 89.3 cm³/mol. The third-order valence-electron chi connectivity index (χ3n) is 3.58. The van der Waals surface area contributed by atoms with Crippen molar-refractivity contribution >= 4 is 22.9 Å². The number of non-ortho nitro benzene ring substituents is 2. The Labute approximate surface area is 142 Å². The highest BCUT2D eigenvalue weighted by Crippen LogP contribution is 2.41. The Morgan fingerprint density at radius 3 is 1.32 bits per heavy atom. The van der Waals surface area contributed by atoms with Crippen LogP contribution in [-0.4, -0.2) is 15.6 Å². The average molecular weight is 342 g/mol. The summed E-state index contributed by atoms with van der Waals surface area (Å²) in [4.78, 5) is 20.6. The van der Waals surface area contributed by atoms with Crippen molar-refractivity contribution in [3.8, 4) is 0 Å². The SMILES string of the molecule is CC1(C)OC(c2ccc([N+](=O)[O-])cc2)=C(c2ccc([N+](=O)[O-])cc2)O1. The molecule has 8 nitrogen and oxygen atoms in total. The van der Waals surface area contributed by atoms with Crippen LogP contribution in [0.3, 0.4) is 0 Å². The Balaban J connectivity index is 2.04. The van der Waals surface area contributed by atoms with Crippen LogP contribution in [-0.2, 0) is 9.47 Å². The molecule has 8 heteroatoms. The molecule has 0 N–H and O–H groups in total. The highest BCUT2D eigenvalue weighted by molar-refractivity contribution is 5.86. The molecule has 0 aliphatic carbocycles. The maximum Gasteiger partial charge on any atom is 0.269 e. The molecule has 128 valence electrons. The lowest BCUT2D eigenvalue weighted by molar-refractivity contribution is -0.385. The van der Waals surface area contributed by atoms with E-state index < -0.39 is 15.6 Å². The van der Waals surface area contributed by atoms with Crippen molar-refractivity contribution in [2.45, 2.75) is 19.6 Å². The van der Waals surface area contributed by atoms with Crippen molar-refractivity contribution in [1.82, 2.24) is 0 Å². The molecule has 0 unspecified atom stereocenters. The van der Waals surface area contributed by atoms with Crippen LogP contribution in [0.15, 0.2) is 48.5 Å². The number of hydrogen-bond acceptors (Lipinski definition) is 6. The zero-order valence-corrected chi connectivity index (χ0v) is 13.5. The third-order valence-corrected chi connectivity index (χ3v) is 3.58. The van der Waals surface area contributed by atoms with Gasteiger partial charge in [-0.05, 0) is 24.3 Å². The Hall–Kier alpha value is -3.42. The summed E-state index contributed by atoms with van der Waals surface area (Å²) in [7, 11) is 0. The van der Waals surface area contributed by atoms with Crippen molar-refractivity contribution in [3.63, 3.8) is 0 Å². The maximum absolute atomic E-state index is 10.8.